The molecule has 1 rings (SSSR count). The maximum absolute atomic E-state index is 10.9. The molecular weight excluding hydrogens is 206 g/mol. The lowest BCUT2D eigenvalue weighted by Gasteiger charge is -2.09. The van der Waals surface area contributed by atoms with E-state index in [0.29, 0.717) is 5.75 Å². The topological polar surface area (TPSA) is 54.9 Å². The van der Waals surface area contributed by atoms with Gasteiger partial charge in [0.1, 0.15) is 5.82 Å². The van der Waals surface area contributed by atoms with E-state index in [2.05, 4.69) is 14.7 Å². The molecule has 2 unspecified atom stereocenters. The number of hydrogen-bond donors (Lipinski definition) is 1. The molecule has 0 fully saturated rings. The minimum absolute atomic E-state index is 0.179. The molecule has 4 nitrogen and oxygen atoms in total. The van der Waals surface area contributed by atoms with Crippen molar-refractivity contribution in [3.63, 3.8) is 0 Å². The zero-order chi connectivity index (χ0) is 9.84. The molecule has 13 heavy (non-hydrogen) atoms. The summed E-state index contributed by atoms with van der Waals surface area (Å²) in [6.07, 6.45) is 1.70. The predicted octanol–water partition coefficient (Wildman–Crippen LogP) is 1.03. The number of nitrogens with zero attached hydrogens (tertiary/aromatic N) is 2. The van der Waals surface area contributed by atoms with Crippen molar-refractivity contribution >= 4 is 27.5 Å². The first-order valence-electron chi connectivity index (χ1n) is 3.95. The molecule has 0 bridgehead atoms. The summed E-state index contributed by atoms with van der Waals surface area (Å²) < 4.78 is 14.9. The molecule has 0 saturated heterocycles. The second kappa shape index (κ2) is 4.66. The number of aryl methyl sites for hydroxylation is 1. The number of hydrogen-bond acceptors (Lipinski definition) is 5. The molecule has 0 aliphatic carbocycles. The molecule has 2 atom stereocenters. The zero-order valence-corrected chi connectivity index (χ0v) is 9.54. The fourth-order valence-corrected chi connectivity index (χ4v) is 2.43. The first kappa shape index (κ1) is 10.6. The van der Waals surface area contributed by atoms with Crippen LogP contribution in [0.25, 0.3) is 0 Å². The molecule has 0 aliphatic rings. The van der Waals surface area contributed by atoms with Gasteiger partial charge in [-0.25, -0.2) is 4.98 Å². The Morgan fingerprint density at radius 2 is 2.38 bits per heavy atom. The third-order valence-electron chi connectivity index (χ3n) is 1.38. The molecule has 1 aromatic rings. The lowest BCUT2D eigenvalue weighted by molar-refractivity contribution is 0.683. The van der Waals surface area contributed by atoms with E-state index >= 15 is 0 Å². The van der Waals surface area contributed by atoms with Crippen molar-refractivity contribution in [1.29, 1.82) is 0 Å². The average Bonchev–Trinajstić information content (AvgIpc) is 2.33. The fraction of sp³-hybridized carbons (Fsp3) is 0.714. The summed E-state index contributed by atoms with van der Waals surface area (Å²) in [5.41, 5.74) is 0. The lowest BCUT2D eigenvalue weighted by atomic mass is 10.4. The molecule has 0 aliphatic heterocycles. The molecule has 0 radical (unpaired) electrons. The molecule has 0 aromatic carbocycles. The minimum atomic E-state index is -0.769. The van der Waals surface area contributed by atoms with Crippen LogP contribution in [0.3, 0.4) is 0 Å². The fourth-order valence-electron chi connectivity index (χ4n) is 0.960. The molecule has 1 heterocycles. The van der Waals surface area contributed by atoms with Gasteiger partial charge in [-0.1, -0.05) is 0 Å². The van der Waals surface area contributed by atoms with E-state index in [-0.39, 0.29) is 6.04 Å². The van der Waals surface area contributed by atoms with E-state index < -0.39 is 10.8 Å². The van der Waals surface area contributed by atoms with E-state index in [9.17, 15) is 4.21 Å². The molecular formula is C7H13N3OS2. The maximum Gasteiger partial charge on any atom is 0.202 e. The number of nitrogens with one attached hydrogen (secondary N) is 1. The summed E-state index contributed by atoms with van der Waals surface area (Å²) >= 11 is 1.33. The van der Waals surface area contributed by atoms with Gasteiger partial charge >= 0.3 is 0 Å². The lowest BCUT2D eigenvalue weighted by Crippen LogP contribution is -2.22. The smallest absolute Gasteiger partial charge is 0.202 e. The van der Waals surface area contributed by atoms with Gasteiger partial charge in [0.2, 0.25) is 5.13 Å². The highest BCUT2D eigenvalue weighted by molar-refractivity contribution is 7.84. The Bertz CT molecular complexity index is 300. The van der Waals surface area contributed by atoms with Crippen LogP contribution in [-0.4, -0.2) is 31.6 Å². The second-order valence-electron chi connectivity index (χ2n) is 2.93. The molecule has 74 valence electrons. The SMILES string of the molecule is Cc1nsc(NC(C)CS(C)=O)n1. The van der Waals surface area contributed by atoms with Crippen LogP contribution in [-0.2, 0) is 10.8 Å². The highest BCUT2D eigenvalue weighted by Gasteiger charge is 2.06. The molecule has 0 saturated carbocycles. The molecule has 1 aromatic heterocycles. The van der Waals surface area contributed by atoms with Crippen molar-refractivity contribution in [2.75, 3.05) is 17.3 Å². The van der Waals surface area contributed by atoms with Gasteiger partial charge in [0.05, 0.1) is 0 Å². The van der Waals surface area contributed by atoms with Crippen LogP contribution in [0, 0.1) is 6.92 Å². The van der Waals surface area contributed by atoms with Gasteiger partial charge in [-0.2, -0.15) is 4.37 Å². The standard InChI is InChI=1S/C7H13N3OS2/c1-5(4-13(3)11)8-7-9-6(2)10-12-7/h5H,4H2,1-3H3,(H,8,9,10). The Hall–Kier alpha value is -0.490. The summed E-state index contributed by atoms with van der Waals surface area (Å²) in [6, 6.07) is 0.179. The van der Waals surface area contributed by atoms with Crippen molar-refractivity contribution in [2.24, 2.45) is 0 Å². The van der Waals surface area contributed by atoms with Crippen molar-refractivity contribution in [3.05, 3.63) is 5.82 Å². The highest BCUT2D eigenvalue weighted by atomic mass is 32.2. The zero-order valence-electron chi connectivity index (χ0n) is 7.90. The minimum Gasteiger partial charge on any atom is -0.357 e. The van der Waals surface area contributed by atoms with Crippen LogP contribution in [0.4, 0.5) is 5.13 Å². The van der Waals surface area contributed by atoms with Crippen LogP contribution in [0.5, 0.6) is 0 Å². The predicted molar refractivity (Wildman–Crippen MR) is 56.7 cm³/mol. The van der Waals surface area contributed by atoms with Gasteiger partial charge in [-0.3, -0.25) is 4.21 Å². The Morgan fingerprint density at radius 1 is 1.69 bits per heavy atom. The number of aromatic nitrogens is 2. The van der Waals surface area contributed by atoms with Gasteiger partial charge in [0.25, 0.3) is 0 Å². The quantitative estimate of drug-likeness (QED) is 0.821. The van der Waals surface area contributed by atoms with Crippen LogP contribution >= 0.6 is 11.5 Å². The van der Waals surface area contributed by atoms with Crippen LogP contribution in [0.2, 0.25) is 0 Å². The van der Waals surface area contributed by atoms with E-state index in [4.69, 9.17) is 0 Å². The normalized spacial score (nSPS) is 15.3. The molecule has 1 N–H and O–H groups in total. The van der Waals surface area contributed by atoms with Gasteiger partial charge in [0.15, 0.2) is 0 Å². The largest absolute Gasteiger partial charge is 0.357 e. The molecule has 0 spiro atoms. The maximum atomic E-state index is 10.9. The van der Waals surface area contributed by atoms with Crippen molar-refractivity contribution in [1.82, 2.24) is 9.36 Å². The van der Waals surface area contributed by atoms with Gasteiger partial charge in [0, 0.05) is 40.4 Å². The second-order valence-corrected chi connectivity index (χ2v) is 5.16. The van der Waals surface area contributed by atoms with Crippen LogP contribution in [0.15, 0.2) is 0 Å². The van der Waals surface area contributed by atoms with Crippen molar-refractivity contribution in [2.45, 2.75) is 19.9 Å². The monoisotopic (exact) mass is 219 g/mol. The summed E-state index contributed by atoms with van der Waals surface area (Å²) in [5, 5.41) is 3.95. The van der Waals surface area contributed by atoms with E-state index in [0.717, 1.165) is 11.0 Å². The Labute approximate surface area is 84.4 Å². The summed E-state index contributed by atoms with van der Waals surface area (Å²) in [4.78, 5) is 4.16. The Kier molecular flexibility index (Phi) is 3.80. The van der Waals surface area contributed by atoms with E-state index in [1.165, 1.54) is 11.5 Å². The van der Waals surface area contributed by atoms with Crippen molar-refractivity contribution < 1.29 is 4.21 Å². The van der Waals surface area contributed by atoms with Crippen molar-refractivity contribution in [3.8, 4) is 0 Å². The first-order chi connectivity index (χ1) is 6.08. The third kappa shape index (κ3) is 3.82. The summed E-state index contributed by atoms with van der Waals surface area (Å²) in [6.45, 7) is 3.84. The van der Waals surface area contributed by atoms with Crippen LogP contribution in [0.1, 0.15) is 12.7 Å². The summed E-state index contributed by atoms with van der Waals surface area (Å²) in [7, 11) is -0.769. The first-order valence-corrected chi connectivity index (χ1v) is 6.45. The average molecular weight is 219 g/mol. The number of anilines is 1. The highest BCUT2D eigenvalue weighted by Crippen LogP contribution is 2.11. The molecule has 6 heteroatoms. The van der Waals surface area contributed by atoms with Crippen LogP contribution < -0.4 is 5.32 Å². The number of rotatable bonds is 4. The van der Waals surface area contributed by atoms with E-state index in [1.54, 1.807) is 6.26 Å². The van der Waals surface area contributed by atoms with Gasteiger partial charge in [-0.05, 0) is 13.8 Å². The van der Waals surface area contributed by atoms with E-state index in [1.807, 2.05) is 13.8 Å². The van der Waals surface area contributed by atoms with Gasteiger partial charge in [-0.15, -0.1) is 0 Å². The summed E-state index contributed by atoms with van der Waals surface area (Å²) in [5.74, 6) is 1.41. The Morgan fingerprint density at radius 3 is 2.85 bits per heavy atom. The Balaban J connectivity index is 2.44. The third-order valence-corrected chi connectivity index (χ3v) is 3.09. The van der Waals surface area contributed by atoms with Gasteiger partial charge < -0.3 is 5.32 Å². The molecule has 0 amide bonds.